The van der Waals surface area contributed by atoms with Gasteiger partial charge in [0.25, 0.3) is 0 Å². The molecule has 0 aromatic carbocycles. The standard InChI is InChI=1S/C17H29N5S/c1-2-9-21(10-3-1)15-6-11-22(12-7-15)17-20-19-16(23-17)14-5-4-8-18-13-14/h14-15,18H,1-13H2/t14-/m0/s1. The summed E-state index contributed by atoms with van der Waals surface area (Å²) in [5.74, 6) is 0.584. The summed E-state index contributed by atoms with van der Waals surface area (Å²) in [5, 5.41) is 14.9. The number of hydrogen-bond acceptors (Lipinski definition) is 6. The van der Waals surface area contributed by atoms with Crippen molar-refractivity contribution < 1.29 is 0 Å². The molecule has 0 unspecified atom stereocenters. The summed E-state index contributed by atoms with van der Waals surface area (Å²) in [7, 11) is 0. The highest BCUT2D eigenvalue weighted by molar-refractivity contribution is 7.15. The van der Waals surface area contributed by atoms with Gasteiger partial charge in [0.1, 0.15) is 5.01 Å². The maximum absolute atomic E-state index is 4.51. The van der Waals surface area contributed by atoms with E-state index in [1.807, 2.05) is 11.3 Å². The third-order valence-corrected chi connectivity index (χ3v) is 6.86. The van der Waals surface area contributed by atoms with Crippen molar-refractivity contribution in [3.63, 3.8) is 0 Å². The van der Waals surface area contributed by atoms with Crippen molar-refractivity contribution in [1.82, 2.24) is 20.4 Å². The Kier molecular flexibility index (Phi) is 5.11. The quantitative estimate of drug-likeness (QED) is 0.919. The summed E-state index contributed by atoms with van der Waals surface area (Å²) >= 11 is 1.83. The predicted octanol–water partition coefficient (Wildman–Crippen LogP) is 2.46. The molecule has 23 heavy (non-hydrogen) atoms. The van der Waals surface area contributed by atoms with E-state index in [1.54, 1.807) is 0 Å². The van der Waals surface area contributed by atoms with Gasteiger partial charge in [-0.2, -0.15) is 0 Å². The van der Waals surface area contributed by atoms with Crippen molar-refractivity contribution in [2.45, 2.75) is 56.9 Å². The molecule has 0 aliphatic carbocycles. The third-order valence-electron chi connectivity index (χ3n) is 5.72. The first-order valence-corrected chi connectivity index (χ1v) is 10.2. The lowest BCUT2D eigenvalue weighted by atomic mass is 10.0. The summed E-state index contributed by atoms with van der Waals surface area (Å²) in [6, 6.07) is 0.807. The molecule has 3 saturated heterocycles. The molecule has 3 aliphatic heterocycles. The van der Waals surface area contributed by atoms with Crippen molar-refractivity contribution in [2.75, 3.05) is 44.2 Å². The van der Waals surface area contributed by atoms with Crippen molar-refractivity contribution >= 4 is 16.5 Å². The van der Waals surface area contributed by atoms with Gasteiger partial charge in [0, 0.05) is 31.6 Å². The normalized spacial score (nSPS) is 28.2. The van der Waals surface area contributed by atoms with Gasteiger partial charge in [0.05, 0.1) is 0 Å². The molecule has 1 aromatic rings. The van der Waals surface area contributed by atoms with Crippen molar-refractivity contribution in [2.24, 2.45) is 0 Å². The molecule has 128 valence electrons. The minimum absolute atomic E-state index is 0.584. The lowest BCUT2D eigenvalue weighted by Gasteiger charge is -2.40. The maximum atomic E-state index is 4.51. The van der Waals surface area contributed by atoms with Crippen LogP contribution in [-0.4, -0.2) is 60.4 Å². The van der Waals surface area contributed by atoms with Crippen molar-refractivity contribution in [3.8, 4) is 0 Å². The van der Waals surface area contributed by atoms with E-state index in [-0.39, 0.29) is 0 Å². The molecule has 1 N–H and O–H groups in total. The van der Waals surface area contributed by atoms with Gasteiger partial charge in [-0.3, -0.25) is 0 Å². The largest absolute Gasteiger partial charge is 0.347 e. The topological polar surface area (TPSA) is 44.3 Å². The number of hydrogen-bond donors (Lipinski definition) is 1. The number of nitrogens with zero attached hydrogens (tertiary/aromatic N) is 4. The van der Waals surface area contributed by atoms with Crippen LogP contribution >= 0.6 is 11.3 Å². The fraction of sp³-hybridized carbons (Fsp3) is 0.882. The zero-order chi connectivity index (χ0) is 15.5. The molecule has 3 fully saturated rings. The van der Waals surface area contributed by atoms with Gasteiger partial charge in [0.15, 0.2) is 0 Å². The molecule has 3 aliphatic rings. The Labute approximate surface area is 143 Å². The molecular formula is C17H29N5S. The molecule has 1 aromatic heterocycles. The molecular weight excluding hydrogens is 306 g/mol. The number of piperidine rings is 3. The molecule has 0 bridgehead atoms. The minimum Gasteiger partial charge on any atom is -0.347 e. The Hall–Kier alpha value is -0.720. The molecule has 0 amide bonds. The van der Waals surface area contributed by atoms with Crippen LogP contribution in [0.4, 0.5) is 5.13 Å². The van der Waals surface area contributed by atoms with Crippen molar-refractivity contribution in [1.29, 1.82) is 0 Å². The van der Waals surface area contributed by atoms with Gasteiger partial charge in [0.2, 0.25) is 5.13 Å². The maximum Gasteiger partial charge on any atom is 0.208 e. The zero-order valence-corrected chi connectivity index (χ0v) is 14.9. The molecule has 4 rings (SSSR count). The van der Waals surface area contributed by atoms with Gasteiger partial charge in [-0.15, -0.1) is 10.2 Å². The first-order chi connectivity index (χ1) is 11.4. The number of rotatable bonds is 3. The van der Waals surface area contributed by atoms with E-state index in [1.165, 1.54) is 63.0 Å². The number of likely N-dealkylation sites (tertiary alicyclic amines) is 1. The van der Waals surface area contributed by atoms with Crippen LogP contribution in [0.25, 0.3) is 0 Å². The lowest BCUT2D eigenvalue weighted by Crippen LogP contribution is -2.46. The average molecular weight is 336 g/mol. The monoisotopic (exact) mass is 335 g/mol. The predicted molar refractivity (Wildman–Crippen MR) is 95.4 cm³/mol. The summed E-state index contributed by atoms with van der Waals surface area (Å²) in [4.78, 5) is 5.21. The van der Waals surface area contributed by atoms with E-state index in [0.717, 1.165) is 37.4 Å². The number of aromatic nitrogens is 2. The van der Waals surface area contributed by atoms with Gasteiger partial charge in [-0.25, -0.2) is 0 Å². The summed E-state index contributed by atoms with van der Waals surface area (Å²) in [6.45, 7) is 7.18. The Morgan fingerprint density at radius 3 is 2.48 bits per heavy atom. The van der Waals surface area contributed by atoms with Gasteiger partial charge in [-0.1, -0.05) is 17.8 Å². The summed E-state index contributed by atoms with van der Waals surface area (Å²) in [6.07, 6.45) is 9.34. The fourth-order valence-electron chi connectivity index (χ4n) is 4.29. The van der Waals surface area contributed by atoms with Gasteiger partial charge in [-0.05, 0) is 58.2 Å². The van der Waals surface area contributed by atoms with E-state index < -0.39 is 0 Å². The molecule has 6 heteroatoms. The van der Waals surface area contributed by atoms with Crippen LogP contribution in [-0.2, 0) is 0 Å². The minimum atomic E-state index is 0.584. The molecule has 0 saturated carbocycles. The molecule has 1 atom stereocenters. The second-order valence-electron chi connectivity index (χ2n) is 7.28. The lowest BCUT2D eigenvalue weighted by molar-refractivity contribution is 0.141. The fourth-order valence-corrected chi connectivity index (χ4v) is 5.32. The Morgan fingerprint density at radius 2 is 1.74 bits per heavy atom. The van der Waals surface area contributed by atoms with E-state index in [0.29, 0.717) is 5.92 Å². The van der Waals surface area contributed by atoms with Gasteiger partial charge < -0.3 is 15.1 Å². The van der Waals surface area contributed by atoms with Crippen LogP contribution in [0.2, 0.25) is 0 Å². The van der Waals surface area contributed by atoms with Crippen LogP contribution in [0.15, 0.2) is 0 Å². The highest BCUT2D eigenvalue weighted by Crippen LogP contribution is 2.31. The summed E-state index contributed by atoms with van der Waals surface area (Å²) in [5.41, 5.74) is 0. The van der Waals surface area contributed by atoms with Crippen LogP contribution in [0.3, 0.4) is 0 Å². The average Bonchev–Trinajstić information content (AvgIpc) is 3.14. The Balaban J connectivity index is 1.32. The smallest absolute Gasteiger partial charge is 0.208 e. The van der Waals surface area contributed by atoms with Crippen LogP contribution in [0.1, 0.15) is 55.9 Å². The number of nitrogens with one attached hydrogen (secondary N) is 1. The highest BCUT2D eigenvalue weighted by atomic mass is 32.1. The van der Waals surface area contributed by atoms with Crippen LogP contribution in [0.5, 0.6) is 0 Å². The second-order valence-corrected chi connectivity index (χ2v) is 8.27. The molecule has 0 spiro atoms. The van der Waals surface area contributed by atoms with E-state index in [9.17, 15) is 0 Å². The SMILES string of the molecule is C1CCN(C2CCN(c3nnc([C@H]4CCCNC4)s3)CC2)CC1. The van der Waals surface area contributed by atoms with Crippen LogP contribution < -0.4 is 10.2 Å². The summed E-state index contributed by atoms with van der Waals surface area (Å²) < 4.78 is 0. The highest BCUT2D eigenvalue weighted by Gasteiger charge is 2.28. The molecule has 5 nitrogen and oxygen atoms in total. The first kappa shape index (κ1) is 15.8. The second kappa shape index (κ2) is 7.45. The van der Waals surface area contributed by atoms with E-state index in [4.69, 9.17) is 0 Å². The zero-order valence-electron chi connectivity index (χ0n) is 14.0. The van der Waals surface area contributed by atoms with E-state index >= 15 is 0 Å². The number of anilines is 1. The third kappa shape index (κ3) is 3.69. The van der Waals surface area contributed by atoms with Crippen molar-refractivity contribution in [3.05, 3.63) is 5.01 Å². The Morgan fingerprint density at radius 1 is 0.913 bits per heavy atom. The van der Waals surface area contributed by atoms with Gasteiger partial charge >= 0.3 is 0 Å². The van der Waals surface area contributed by atoms with Crippen LogP contribution in [0, 0.1) is 0 Å². The molecule has 4 heterocycles. The molecule has 0 radical (unpaired) electrons. The van der Waals surface area contributed by atoms with E-state index in [2.05, 4.69) is 25.3 Å². The first-order valence-electron chi connectivity index (χ1n) is 9.43. The Bertz CT molecular complexity index is 485.